The van der Waals surface area contributed by atoms with Crippen LogP contribution in [-0.4, -0.2) is 24.0 Å². The van der Waals surface area contributed by atoms with E-state index in [1.54, 1.807) is 11.3 Å². The molecule has 5 heteroatoms. The summed E-state index contributed by atoms with van der Waals surface area (Å²) < 4.78 is 2.32. The number of nitrogens with zero attached hydrogens (tertiary/aromatic N) is 1. The second kappa shape index (κ2) is 3.98. The van der Waals surface area contributed by atoms with Crippen molar-refractivity contribution in [2.45, 2.75) is 12.6 Å². The van der Waals surface area contributed by atoms with Crippen molar-refractivity contribution >= 4 is 43.2 Å². The molecule has 1 fully saturated rings. The smallest absolute Gasteiger partial charge is 0.0843 e. The highest BCUT2D eigenvalue weighted by atomic mass is 79.9. The Kier molecular flexibility index (Phi) is 3.10. The Balaban J connectivity index is 1.95. The molecule has 1 aliphatic heterocycles. The summed E-state index contributed by atoms with van der Waals surface area (Å²) in [6.07, 6.45) is 0. The maximum atomic E-state index is 5.70. The second-order valence-electron chi connectivity index (χ2n) is 3.29. The summed E-state index contributed by atoms with van der Waals surface area (Å²) in [5, 5.41) is 0. The number of nitrogens with two attached hydrogens (primary N) is 1. The fraction of sp³-hybridized carbons (Fsp3) is 0.500. The highest BCUT2D eigenvalue weighted by molar-refractivity contribution is 9.13. The van der Waals surface area contributed by atoms with Gasteiger partial charge in [-0.3, -0.25) is 4.90 Å². The molecule has 2 heterocycles. The van der Waals surface area contributed by atoms with Crippen molar-refractivity contribution in [3.05, 3.63) is 19.2 Å². The third kappa shape index (κ3) is 2.33. The molecule has 0 spiro atoms. The first-order valence-electron chi connectivity index (χ1n) is 4.07. The van der Waals surface area contributed by atoms with Gasteiger partial charge in [0.25, 0.3) is 0 Å². The van der Waals surface area contributed by atoms with Crippen LogP contribution in [0.2, 0.25) is 0 Å². The minimum absolute atomic E-state index is 0.395. The van der Waals surface area contributed by atoms with Gasteiger partial charge in [0.1, 0.15) is 0 Å². The van der Waals surface area contributed by atoms with Gasteiger partial charge in [-0.1, -0.05) is 0 Å². The molecular weight excluding hydrogens is 316 g/mol. The highest BCUT2D eigenvalue weighted by Crippen LogP contribution is 2.33. The fourth-order valence-corrected chi connectivity index (χ4v) is 3.65. The molecule has 0 aromatic carbocycles. The average Bonchev–Trinajstić information content (AvgIpc) is 2.28. The van der Waals surface area contributed by atoms with Gasteiger partial charge in [-0.05, 0) is 37.9 Å². The van der Waals surface area contributed by atoms with Gasteiger partial charge in [-0.15, -0.1) is 11.3 Å². The Hall–Kier alpha value is 0.580. The zero-order valence-corrected chi connectivity index (χ0v) is 11.0. The van der Waals surface area contributed by atoms with Crippen LogP contribution in [0.1, 0.15) is 4.88 Å². The lowest BCUT2D eigenvalue weighted by Gasteiger charge is -2.36. The molecule has 0 bridgehead atoms. The summed E-state index contributed by atoms with van der Waals surface area (Å²) in [5.74, 6) is 0. The maximum absolute atomic E-state index is 5.70. The Morgan fingerprint density at radius 1 is 1.54 bits per heavy atom. The molecule has 1 aliphatic rings. The average molecular weight is 326 g/mol. The van der Waals surface area contributed by atoms with Gasteiger partial charge in [-0.25, -0.2) is 0 Å². The summed E-state index contributed by atoms with van der Waals surface area (Å²) in [5.41, 5.74) is 5.70. The molecule has 1 saturated heterocycles. The molecule has 2 N–H and O–H groups in total. The molecule has 2 nitrogen and oxygen atoms in total. The molecular formula is C8H10Br2N2S. The summed E-state index contributed by atoms with van der Waals surface area (Å²) in [6, 6.07) is 2.56. The van der Waals surface area contributed by atoms with Crippen LogP contribution in [0.25, 0.3) is 0 Å². The fourth-order valence-electron chi connectivity index (χ4n) is 1.43. The lowest BCUT2D eigenvalue weighted by Crippen LogP contribution is -2.54. The highest BCUT2D eigenvalue weighted by Gasteiger charge is 2.23. The van der Waals surface area contributed by atoms with Crippen molar-refractivity contribution in [2.24, 2.45) is 5.73 Å². The van der Waals surface area contributed by atoms with Crippen LogP contribution < -0.4 is 5.73 Å². The van der Waals surface area contributed by atoms with E-state index in [4.69, 9.17) is 5.73 Å². The molecule has 1 aromatic rings. The van der Waals surface area contributed by atoms with E-state index < -0.39 is 0 Å². The van der Waals surface area contributed by atoms with Crippen LogP contribution in [-0.2, 0) is 6.54 Å². The summed E-state index contributed by atoms with van der Waals surface area (Å²) in [4.78, 5) is 3.74. The van der Waals surface area contributed by atoms with Gasteiger partial charge in [0, 0.05) is 35.0 Å². The van der Waals surface area contributed by atoms with Crippen molar-refractivity contribution in [3.8, 4) is 0 Å². The topological polar surface area (TPSA) is 29.3 Å². The van der Waals surface area contributed by atoms with Crippen molar-refractivity contribution in [1.82, 2.24) is 4.90 Å². The zero-order valence-electron chi connectivity index (χ0n) is 6.96. The van der Waals surface area contributed by atoms with E-state index in [9.17, 15) is 0 Å². The standard InChI is InChI=1S/C8H10Br2N2S/c9-7-1-6(13-8(7)10)4-12-2-5(11)3-12/h1,5H,2-4,11H2. The molecule has 1 aromatic heterocycles. The predicted molar refractivity (Wildman–Crippen MR) is 63.0 cm³/mol. The van der Waals surface area contributed by atoms with Gasteiger partial charge in [-0.2, -0.15) is 0 Å². The van der Waals surface area contributed by atoms with E-state index in [-0.39, 0.29) is 0 Å². The zero-order chi connectivity index (χ0) is 9.42. The van der Waals surface area contributed by atoms with Crippen LogP contribution >= 0.6 is 43.2 Å². The van der Waals surface area contributed by atoms with E-state index >= 15 is 0 Å². The SMILES string of the molecule is NC1CN(Cc2cc(Br)c(Br)s2)C1. The molecule has 0 radical (unpaired) electrons. The summed E-state index contributed by atoms with van der Waals surface area (Å²) >= 11 is 8.74. The van der Waals surface area contributed by atoms with E-state index in [2.05, 4.69) is 42.8 Å². The quantitative estimate of drug-likeness (QED) is 0.904. The normalized spacial score (nSPS) is 19.0. The number of thiophene rings is 1. The van der Waals surface area contributed by atoms with E-state index in [1.165, 1.54) is 8.66 Å². The van der Waals surface area contributed by atoms with Crippen LogP contribution in [0.5, 0.6) is 0 Å². The van der Waals surface area contributed by atoms with Crippen molar-refractivity contribution < 1.29 is 0 Å². The van der Waals surface area contributed by atoms with Gasteiger partial charge < -0.3 is 5.73 Å². The first kappa shape index (κ1) is 10.1. The Morgan fingerprint density at radius 2 is 2.23 bits per heavy atom. The minimum atomic E-state index is 0.395. The largest absolute Gasteiger partial charge is 0.325 e. The van der Waals surface area contributed by atoms with E-state index in [0.717, 1.165) is 24.1 Å². The molecule has 2 rings (SSSR count). The lowest BCUT2D eigenvalue weighted by molar-refractivity contribution is 0.144. The number of hydrogen-bond donors (Lipinski definition) is 1. The van der Waals surface area contributed by atoms with E-state index in [0.29, 0.717) is 6.04 Å². The van der Waals surface area contributed by atoms with Crippen LogP contribution in [0.4, 0.5) is 0 Å². The monoisotopic (exact) mass is 324 g/mol. The molecule has 0 amide bonds. The molecule has 13 heavy (non-hydrogen) atoms. The summed E-state index contributed by atoms with van der Waals surface area (Å²) in [6.45, 7) is 3.10. The van der Waals surface area contributed by atoms with Gasteiger partial charge in [0.15, 0.2) is 0 Å². The first-order valence-corrected chi connectivity index (χ1v) is 6.47. The van der Waals surface area contributed by atoms with Crippen molar-refractivity contribution in [2.75, 3.05) is 13.1 Å². The lowest BCUT2D eigenvalue weighted by atomic mass is 10.1. The number of halogens is 2. The number of likely N-dealkylation sites (tertiary alicyclic amines) is 1. The maximum Gasteiger partial charge on any atom is 0.0843 e. The Morgan fingerprint density at radius 3 is 2.69 bits per heavy atom. The minimum Gasteiger partial charge on any atom is -0.325 e. The van der Waals surface area contributed by atoms with Crippen LogP contribution in [0, 0.1) is 0 Å². The first-order chi connectivity index (χ1) is 6.15. The second-order valence-corrected chi connectivity index (χ2v) is 6.60. The van der Waals surface area contributed by atoms with Crippen LogP contribution in [0.3, 0.4) is 0 Å². The van der Waals surface area contributed by atoms with Gasteiger partial charge in [0.2, 0.25) is 0 Å². The molecule has 0 saturated carbocycles. The molecule has 72 valence electrons. The summed E-state index contributed by atoms with van der Waals surface area (Å²) in [7, 11) is 0. The third-order valence-electron chi connectivity index (χ3n) is 2.06. The Bertz CT molecular complexity index is 288. The molecule has 0 aliphatic carbocycles. The predicted octanol–water partition coefficient (Wildman–Crippen LogP) is 2.42. The van der Waals surface area contributed by atoms with Gasteiger partial charge in [0.05, 0.1) is 3.79 Å². The Labute approximate surface area is 98.4 Å². The van der Waals surface area contributed by atoms with Gasteiger partial charge >= 0.3 is 0 Å². The van der Waals surface area contributed by atoms with Crippen molar-refractivity contribution in [1.29, 1.82) is 0 Å². The number of rotatable bonds is 2. The molecule has 0 atom stereocenters. The van der Waals surface area contributed by atoms with Crippen molar-refractivity contribution in [3.63, 3.8) is 0 Å². The third-order valence-corrected chi connectivity index (χ3v) is 5.30. The van der Waals surface area contributed by atoms with E-state index in [1.807, 2.05) is 0 Å². The van der Waals surface area contributed by atoms with Crippen LogP contribution in [0.15, 0.2) is 14.3 Å². The number of hydrogen-bond acceptors (Lipinski definition) is 3. The molecule has 0 unspecified atom stereocenters.